The number of carbonyl (C=O) groups is 1. The van der Waals surface area contributed by atoms with Crippen molar-refractivity contribution in [3.63, 3.8) is 0 Å². The van der Waals surface area contributed by atoms with Crippen LogP contribution >= 0.6 is 23.2 Å². The average Bonchev–Trinajstić information content (AvgIpc) is 1.87. The van der Waals surface area contributed by atoms with Gasteiger partial charge < -0.3 is 0 Å². The summed E-state index contributed by atoms with van der Waals surface area (Å²) in [6, 6.07) is 0. The van der Waals surface area contributed by atoms with Crippen LogP contribution in [0.5, 0.6) is 0 Å². The van der Waals surface area contributed by atoms with E-state index in [2.05, 4.69) is 0 Å². The molecule has 0 amide bonds. The highest BCUT2D eigenvalue weighted by atomic mass is 35.5. The van der Waals surface area contributed by atoms with E-state index >= 15 is 0 Å². The van der Waals surface area contributed by atoms with Crippen LogP contribution in [-0.4, -0.2) is 6.29 Å². The van der Waals surface area contributed by atoms with Gasteiger partial charge in [0.1, 0.15) is 10.8 Å². The molecule has 0 aromatic rings. The molecule has 0 saturated heterocycles. The highest BCUT2D eigenvalue weighted by molar-refractivity contribution is 6.55. The summed E-state index contributed by atoms with van der Waals surface area (Å²) >= 11 is 10.5. The summed E-state index contributed by atoms with van der Waals surface area (Å²) in [5.41, 5.74) is 0. The number of rotatable bonds is 3. The van der Waals surface area contributed by atoms with E-state index in [0.717, 1.165) is 0 Å². The third-order valence-corrected chi connectivity index (χ3v) is 0.886. The summed E-state index contributed by atoms with van der Waals surface area (Å²) in [5.74, 6) is 0. The lowest BCUT2D eigenvalue weighted by Crippen LogP contribution is -1.56. The molecule has 0 spiro atoms. The standard InChI is InChI=1S/C7H6Cl2O/c8-7(9)5-3-1-2-4-6-10/h1-6H. The monoisotopic (exact) mass is 176 g/mol. The SMILES string of the molecule is O=CC=CC=CC=C(Cl)Cl. The molecule has 0 saturated carbocycles. The highest BCUT2D eigenvalue weighted by Gasteiger charge is 1.73. The fourth-order valence-corrected chi connectivity index (χ4v) is 0.447. The summed E-state index contributed by atoms with van der Waals surface area (Å²) in [5, 5.41) is 0. The normalized spacial score (nSPS) is 10.6. The minimum atomic E-state index is 0.191. The highest BCUT2D eigenvalue weighted by Crippen LogP contribution is 2.05. The molecule has 0 atom stereocenters. The Morgan fingerprint density at radius 1 is 1.00 bits per heavy atom. The molecule has 0 radical (unpaired) electrons. The van der Waals surface area contributed by atoms with Crippen molar-refractivity contribution >= 4 is 29.5 Å². The lowest BCUT2D eigenvalue weighted by atomic mass is 10.4. The van der Waals surface area contributed by atoms with E-state index in [1.807, 2.05) is 0 Å². The van der Waals surface area contributed by atoms with Crippen LogP contribution in [0.4, 0.5) is 0 Å². The van der Waals surface area contributed by atoms with Crippen molar-refractivity contribution < 1.29 is 4.79 Å². The quantitative estimate of drug-likeness (QED) is 0.368. The Labute approximate surface area is 69.6 Å². The maximum Gasteiger partial charge on any atom is 0.142 e. The first-order chi connectivity index (χ1) is 4.77. The van der Waals surface area contributed by atoms with Gasteiger partial charge in [-0.2, -0.15) is 0 Å². The molecule has 0 aliphatic heterocycles. The van der Waals surface area contributed by atoms with Crippen molar-refractivity contribution in [1.82, 2.24) is 0 Å². The van der Waals surface area contributed by atoms with Gasteiger partial charge in [-0.15, -0.1) is 0 Å². The molecule has 0 heterocycles. The van der Waals surface area contributed by atoms with Crippen molar-refractivity contribution in [2.45, 2.75) is 0 Å². The largest absolute Gasteiger partial charge is 0.299 e. The molecular formula is C7H6Cl2O. The van der Waals surface area contributed by atoms with E-state index in [4.69, 9.17) is 23.2 Å². The Kier molecular flexibility index (Phi) is 6.24. The molecule has 0 N–H and O–H groups in total. The predicted molar refractivity (Wildman–Crippen MR) is 44.1 cm³/mol. The minimum Gasteiger partial charge on any atom is -0.299 e. The molecule has 0 aliphatic carbocycles. The third kappa shape index (κ3) is 7.47. The summed E-state index contributed by atoms with van der Waals surface area (Å²) in [7, 11) is 0. The maximum absolute atomic E-state index is 9.71. The fourth-order valence-electron chi connectivity index (χ4n) is 0.302. The molecule has 3 heteroatoms. The zero-order valence-electron chi connectivity index (χ0n) is 5.13. The van der Waals surface area contributed by atoms with Crippen molar-refractivity contribution in [3.05, 3.63) is 34.9 Å². The Bertz CT molecular complexity index is 176. The van der Waals surface area contributed by atoms with Gasteiger partial charge in [0.2, 0.25) is 0 Å². The zero-order chi connectivity index (χ0) is 7.82. The van der Waals surface area contributed by atoms with Crippen LogP contribution in [0.15, 0.2) is 34.9 Å². The smallest absolute Gasteiger partial charge is 0.142 e. The Morgan fingerprint density at radius 2 is 1.60 bits per heavy atom. The molecule has 0 aromatic carbocycles. The molecule has 0 unspecified atom stereocenters. The van der Waals surface area contributed by atoms with Crippen molar-refractivity contribution in [3.8, 4) is 0 Å². The minimum absolute atomic E-state index is 0.191. The predicted octanol–water partition coefficient (Wildman–Crippen LogP) is 2.62. The van der Waals surface area contributed by atoms with E-state index in [1.54, 1.807) is 18.2 Å². The second-order valence-corrected chi connectivity index (χ2v) is 2.37. The van der Waals surface area contributed by atoms with Gasteiger partial charge in [0.15, 0.2) is 0 Å². The van der Waals surface area contributed by atoms with Crippen LogP contribution in [0.2, 0.25) is 0 Å². The van der Waals surface area contributed by atoms with Gasteiger partial charge in [-0.25, -0.2) is 0 Å². The van der Waals surface area contributed by atoms with Crippen LogP contribution < -0.4 is 0 Å². The molecule has 0 aromatic heterocycles. The number of hydrogen-bond donors (Lipinski definition) is 0. The Morgan fingerprint density at radius 3 is 2.10 bits per heavy atom. The fraction of sp³-hybridized carbons (Fsp3) is 0. The average molecular weight is 177 g/mol. The first-order valence-electron chi connectivity index (χ1n) is 2.57. The summed E-state index contributed by atoms with van der Waals surface area (Å²) in [6.45, 7) is 0. The first kappa shape index (κ1) is 9.47. The maximum atomic E-state index is 9.71. The van der Waals surface area contributed by atoms with E-state index < -0.39 is 0 Å². The van der Waals surface area contributed by atoms with E-state index in [1.165, 1.54) is 12.2 Å². The van der Waals surface area contributed by atoms with Gasteiger partial charge in [-0.05, 0) is 12.2 Å². The summed E-state index contributed by atoms with van der Waals surface area (Å²) in [6.07, 6.45) is 8.44. The molecule has 10 heavy (non-hydrogen) atoms. The van der Waals surface area contributed by atoms with Crippen molar-refractivity contribution in [2.24, 2.45) is 0 Å². The van der Waals surface area contributed by atoms with Gasteiger partial charge >= 0.3 is 0 Å². The molecule has 1 nitrogen and oxygen atoms in total. The van der Waals surface area contributed by atoms with Crippen LogP contribution in [0.3, 0.4) is 0 Å². The molecule has 0 rings (SSSR count). The van der Waals surface area contributed by atoms with Crippen LogP contribution in [-0.2, 0) is 4.79 Å². The number of carbonyl (C=O) groups excluding carboxylic acids is 1. The Balaban J connectivity index is 3.67. The van der Waals surface area contributed by atoms with Gasteiger partial charge in [0, 0.05) is 0 Å². The Hall–Kier alpha value is -0.530. The van der Waals surface area contributed by atoms with Gasteiger partial charge in [0.25, 0.3) is 0 Å². The topological polar surface area (TPSA) is 17.1 Å². The number of halogens is 2. The number of aldehydes is 1. The molecule has 54 valence electrons. The second-order valence-electron chi connectivity index (χ2n) is 1.36. The molecule has 0 aliphatic rings. The number of hydrogen-bond acceptors (Lipinski definition) is 1. The summed E-state index contributed by atoms with van der Waals surface area (Å²) in [4.78, 5) is 9.71. The van der Waals surface area contributed by atoms with E-state index in [9.17, 15) is 4.79 Å². The van der Waals surface area contributed by atoms with Crippen LogP contribution in [0.25, 0.3) is 0 Å². The van der Waals surface area contributed by atoms with Crippen molar-refractivity contribution in [2.75, 3.05) is 0 Å². The van der Waals surface area contributed by atoms with E-state index in [0.29, 0.717) is 6.29 Å². The summed E-state index contributed by atoms with van der Waals surface area (Å²) < 4.78 is 0.191. The van der Waals surface area contributed by atoms with Crippen LogP contribution in [0.1, 0.15) is 0 Å². The van der Waals surface area contributed by atoms with Gasteiger partial charge in [-0.3, -0.25) is 4.79 Å². The van der Waals surface area contributed by atoms with E-state index in [-0.39, 0.29) is 4.49 Å². The molecule has 0 fully saturated rings. The third-order valence-electron chi connectivity index (χ3n) is 0.634. The lowest BCUT2D eigenvalue weighted by molar-refractivity contribution is -0.104. The lowest BCUT2D eigenvalue weighted by Gasteiger charge is -1.73. The zero-order valence-corrected chi connectivity index (χ0v) is 6.64. The number of allylic oxidation sites excluding steroid dienone is 5. The van der Waals surface area contributed by atoms with Gasteiger partial charge in [0.05, 0.1) is 0 Å². The van der Waals surface area contributed by atoms with Crippen molar-refractivity contribution in [1.29, 1.82) is 0 Å². The first-order valence-corrected chi connectivity index (χ1v) is 3.32. The molecular weight excluding hydrogens is 171 g/mol. The second kappa shape index (κ2) is 6.59. The molecule has 0 bridgehead atoms. The van der Waals surface area contributed by atoms with Crippen LogP contribution in [0, 0.1) is 0 Å². The van der Waals surface area contributed by atoms with Gasteiger partial charge in [-0.1, -0.05) is 41.4 Å².